The normalized spacial score (nSPS) is 22.1. The minimum absolute atomic E-state index is 0.873. The zero-order valence-electron chi connectivity index (χ0n) is 4.43. The molecule has 0 fully saturated rings. The van der Waals surface area contributed by atoms with Crippen LogP contribution in [-0.2, 0) is 0 Å². The van der Waals surface area contributed by atoms with Crippen LogP contribution in [0.5, 0.6) is 0 Å². The predicted octanol–water partition coefficient (Wildman–Crippen LogP) is -0.00520. The SMILES string of the molecule is CC(O)(CF)C(O)F. The zero-order valence-corrected chi connectivity index (χ0v) is 4.43. The van der Waals surface area contributed by atoms with Crippen LogP contribution in [0, 0.1) is 0 Å². The summed E-state index contributed by atoms with van der Waals surface area (Å²) in [4.78, 5) is 0. The fourth-order valence-corrected chi connectivity index (χ4v) is 0.0637. The Hall–Kier alpha value is -0.220. The molecule has 8 heavy (non-hydrogen) atoms. The molecule has 2 N–H and O–H groups in total. The summed E-state index contributed by atoms with van der Waals surface area (Å²) in [6.07, 6.45) is -2.51. The molecule has 2 atom stereocenters. The first-order valence-corrected chi connectivity index (χ1v) is 2.11. The van der Waals surface area contributed by atoms with Gasteiger partial charge in [0, 0.05) is 0 Å². The highest BCUT2D eigenvalue weighted by molar-refractivity contribution is 4.72. The number of aliphatic hydroxyl groups is 2. The molecule has 0 aliphatic rings. The Balaban J connectivity index is 3.71. The van der Waals surface area contributed by atoms with Gasteiger partial charge < -0.3 is 10.2 Å². The molecule has 4 heteroatoms. The molecule has 0 bridgehead atoms. The second kappa shape index (κ2) is 2.37. The maximum atomic E-state index is 11.5. The fraction of sp³-hybridized carbons (Fsp3) is 1.00. The van der Waals surface area contributed by atoms with Gasteiger partial charge in [-0.15, -0.1) is 0 Å². The highest BCUT2D eigenvalue weighted by Gasteiger charge is 2.29. The lowest BCUT2D eigenvalue weighted by atomic mass is 10.1. The van der Waals surface area contributed by atoms with Crippen LogP contribution in [0.1, 0.15) is 6.92 Å². The molecule has 0 aliphatic heterocycles. The van der Waals surface area contributed by atoms with Crippen molar-refractivity contribution >= 4 is 0 Å². The van der Waals surface area contributed by atoms with Crippen molar-refractivity contribution in [1.82, 2.24) is 0 Å². The van der Waals surface area contributed by atoms with Crippen molar-refractivity contribution in [1.29, 1.82) is 0 Å². The van der Waals surface area contributed by atoms with Crippen molar-refractivity contribution in [2.45, 2.75) is 18.9 Å². The highest BCUT2D eigenvalue weighted by Crippen LogP contribution is 2.10. The number of halogens is 2. The van der Waals surface area contributed by atoms with Crippen LogP contribution in [0.15, 0.2) is 0 Å². The van der Waals surface area contributed by atoms with Gasteiger partial charge in [-0.2, -0.15) is 0 Å². The summed E-state index contributed by atoms with van der Waals surface area (Å²) in [7, 11) is 0. The molecule has 0 aromatic rings. The fourth-order valence-electron chi connectivity index (χ4n) is 0.0637. The molecule has 0 heterocycles. The first kappa shape index (κ1) is 7.78. The standard InChI is InChI=1S/C4H8F2O2/c1-4(8,2-5)3(6)7/h3,7-8H,2H2,1H3. The molecular weight excluding hydrogens is 118 g/mol. The van der Waals surface area contributed by atoms with Gasteiger partial charge in [-0.3, -0.25) is 0 Å². The molecule has 0 rings (SSSR count). The second-order valence-electron chi connectivity index (χ2n) is 1.83. The van der Waals surface area contributed by atoms with E-state index in [4.69, 9.17) is 10.2 Å². The van der Waals surface area contributed by atoms with Crippen LogP contribution in [0.2, 0.25) is 0 Å². The maximum absolute atomic E-state index is 11.5. The molecule has 0 amide bonds. The summed E-state index contributed by atoms with van der Waals surface area (Å²) < 4.78 is 22.9. The van der Waals surface area contributed by atoms with Crippen molar-refractivity contribution in [3.8, 4) is 0 Å². The van der Waals surface area contributed by atoms with Crippen LogP contribution in [0.3, 0.4) is 0 Å². The van der Waals surface area contributed by atoms with Crippen molar-refractivity contribution in [3.63, 3.8) is 0 Å². The van der Waals surface area contributed by atoms with Gasteiger partial charge in [-0.25, -0.2) is 8.78 Å². The number of alkyl halides is 2. The summed E-state index contributed by atoms with van der Waals surface area (Å²) >= 11 is 0. The van der Waals surface area contributed by atoms with Gasteiger partial charge in [-0.05, 0) is 6.92 Å². The van der Waals surface area contributed by atoms with Gasteiger partial charge in [0.25, 0.3) is 0 Å². The van der Waals surface area contributed by atoms with Crippen molar-refractivity contribution in [3.05, 3.63) is 0 Å². The van der Waals surface area contributed by atoms with Crippen LogP contribution in [0.4, 0.5) is 8.78 Å². The lowest BCUT2D eigenvalue weighted by Gasteiger charge is -2.18. The van der Waals surface area contributed by atoms with E-state index >= 15 is 0 Å². The number of hydrogen-bond acceptors (Lipinski definition) is 2. The maximum Gasteiger partial charge on any atom is 0.227 e. The topological polar surface area (TPSA) is 40.5 Å². The Morgan fingerprint density at radius 3 is 2.12 bits per heavy atom. The van der Waals surface area contributed by atoms with Crippen molar-refractivity contribution in [2.24, 2.45) is 0 Å². The molecule has 0 aliphatic carbocycles. The van der Waals surface area contributed by atoms with E-state index in [1.54, 1.807) is 0 Å². The number of hydrogen-bond donors (Lipinski definition) is 2. The first-order chi connectivity index (χ1) is 3.50. The van der Waals surface area contributed by atoms with Crippen LogP contribution in [-0.4, -0.2) is 28.8 Å². The van der Waals surface area contributed by atoms with Crippen LogP contribution < -0.4 is 0 Å². The minimum atomic E-state index is -2.51. The minimum Gasteiger partial charge on any atom is -0.382 e. The van der Waals surface area contributed by atoms with Gasteiger partial charge in [0.15, 0.2) is 0 Å². The van der Waals surface area contributed by atoms with Crippen LogP contribution >= 0.6 is 0 Å². The Kier molecular flexibility index (Phi) is 2.30. The third kappa shape index (κ3) is 1.71. The summed E-state index contributed by atoms with van der Waals surface area (Å²) in [6.45, 7) is -0.414. The first-order valence-electron chi connectivity index (χ1n) is 2.11. The third-order valence-corrected chi connectivity index (χ3v) is 0.784. The Morgan fingerprint density at radius 2 is 2.12 bits per heavy atom. The molecule has 2 unspecified atom stereocenters. The predicted molar refractivity (Wildman–Crippen MR) is 23.7 cm³/mol. The van der Waals surface area contributed by atoms with E-state index in [1.165, 1.54) is 0 Å². The van der Waals surface area contributed by atoms with E-state index in [0.29, 0.717) is 0 Å². The summed E-state index contributed by atoms with van der Waals surface area (Å²) in [5.74, 6) is 0. The third-order valence-electron chi connectivity index (χ3n) is 0.784. The average Bonchev–Trinajstić information content (AvgIpc) is 1.67. The molecule has 0 radical (unpaired) electrons. The zero-order chi connectivity index (χ0) is 6.78. The number of aliphatic hydroxyl groups excluding tert-OH is 1. The molecule has 0 aromatic heterocycles. The van der Waals surface area contributed by atoms with E-state index in [2.05, 4.69) is 0 Å². The second-order valence-corrected chi connectivity index (χ2v) is 1.83. The molecule has 0 aromatic carbocycles. The summed E-state index contributed by atoms with van der Waals surface area (Å²) in [5.41, 5.74) is -2.24. The lowest BCUT2D eigenvalue weighted by molar-refractivity contribution is -0.138. The Bertz CT molecular complexity index is 72.4. The van der Waals surface area contributed by atoms with Gasteiger partial charge in [0.2, 0.25) is 6.36 Å². The van der Waals surface area contributed by atoms with E-state index in [-0.39, 0.29) is 0 Å². The molecule has 2 nitrogen and oxygen atoms in total. The Labute approximate surface area is 45.8 Å². The van der Waals surface area contributed by atoms with Crippen molar-refractivity contribution < 1.29 is 19.0 Å². The van der Waals surface area contributed by atoms with Crippen LogP contribution in [0.25, 0.3) is 0 Å². The smallest absolute Gasteiger partial charge is 0.227 e. The van der Waals surface area contributed by atoms with Gasteiger partial charge >= 0.3 is 0 Å². The average molecular weight is 126 g/mol. The molecule has 0 saturated heterocycles. The molecule has 0 saturated carbocycles. The van der Waals surface area contributed by atoms with Gasteiger partial charge in [-0.1, -0.05) is 0 Å². The molecule has 50 valence electrons. The number of rotatable bonds is 2. The summed E-state index contributed by atoms with van der Waals surface area (Å²) in [6, 6.07) is 0. The quantitative estimate of drug-likeness (QED) is 0.546. The van der Waals surface area contributed by atoms with E-state index in [0.717, 1.165) is 6.92 Å². The highest BCUT2D eigenvalue weighted by atomic mass is 19.2. The van der Waals surface area contributed by atoms with E-state index < -0.39 is 18.6 Å². The monoisotopic (exact) mass is 126 g/mol. The molecular formula is C4H8F2O2. The molecule has 0 spiro atoms. The van der Waals surface area contributed by atoms with E-state index in [1.807, 2.05) is 0 Å². The lowest BCUT2D eigenvalue weighted by Crippen LogP contribution is -2.38. The van der Waals surface area contributed by atoms with Crippen molar-refractivity contribution in [2.75, 3.05) is 6.67 Å². The van der Waals surface area contributed by atoms with Gasteiger partial charge in [0.1, 0.15) is 12.3 Å². The largest absolute Gasteiger partial charge is 0.382 e. The Morgan fingerprint density at radius 1 is 1.75 bits per heavy atom. The van der Waals surface area contributed by atoms with Gasteiger partial charge in [0.05, 0.1) is 0 Å². The van der Waals surface area contributed by atoms with E-state index in [9.17, 15) is 8.78 Å². The summed E-state index contributed by atoms with van der Waals surface area (Å²) in [5, 5.41) is 16.3.